The van der Waals surface area contributed by atoms with E-state index in [9.17, 15) is 23.3 Å². The normalized spacial score (nSPS) is 19.3. The van der Waals surface area contributed by atoms with Gasteiger partial charge in [0, 0.05) is 24.0 Å². The molecule has 1 aliphatic carbocycles. The first-order valence-electron chi connectivity index (χ1n) is 9.99. The van der Waals surface area contributed by atoms with Crippen LogP contribution >= 0.6 is 0 Å². The molecule has 2 aromatic rings. The van der Waals surface area contributed by atoms with Gasteiger partial charge in [0.05, 0.1) is 17.2 Å². The number of pyridine rings is 1. The number of nitrogens with one attached hydrogen (secondary N) is 1. The summed E-state index contributed by atoms with van der Waals surface area (Å²) in [4.78, 5) is 14.1. The highest BCUT2D eigenvalue weighted by molar-refractivity contribution is 5.55. The molecule has 3 rings (SSSR count). The number of hydrogen-bond donors (Lipinski definition) is 1. The Balaban J connectivity index is 1.58. The lowest BCUT2D eigenvalue weighted by Gasteiger charge is -2.30. The molecule has 1 N–H and O–H groups in total. The van der Waals surface area contributed by atoms with Crippen molar-refractivity contribution in [2.75, 3.05) is 5.32 Å². The van der Waals surface area contributed by atoms with Gasteiger partial charge >= 0.3 is 6.18 Å². The van der Waals surface area contributed by atoms with E-state index in [1.165, 1.54) is 6.07 Å². The van der Waals surface area contributed by atoms with E-state index < -0.39 is 22.4 Å². The number of ether oxygens (including phenoxy) is 1. The minimum atomic E-state index is -4.79. The lowest BCUT2D eigenvalue weighted by molar-refractivity contribution is -0.388. The fraction of sp³-hybridized carbons (Fsp3) is 0.476. The molecule has 0 unspecified atom stereocenters. The van der Waals surface area contributed by atoms with Gasteiger partial charge in [-0.25, -0.2) is 0 Å². The van der Waals surface area contributed by atoms with Crippen LogP contribution in [0.5, 0.6) is 5.75 Å². The zero-order valence-corrected chi connectivity index (χ0v) is 16.6. The second-order valence-electron chi connectivity index (χ2n) is 7.50. The highest BCUT2D eigenvalue weighted by atomic mass is 19.4. The molecule has 0 amide bonds. The van der Waals surface area contributed by atoms with Crippen LogP contribution in [0.4, 0.5) is 24.5 Å². The van der Waals surface area contributed by atoms with E-state index in [-0.39, 0.29) is 17.8 Å². The van der Waals surface area contributed by atoms with Crippen molar-refractivity contribution in [3.8, 4) is 5.75 Å². The van der Waals surface area contributed by atoms with Crippen LogP contribution in [-0.4, -0.2) is 22.1 Å². The number of alkyl halides is 3. The molecule has 30 heavy (non-hydrogen) atoms. The first kappa shape index (κ1) is 21.9. The molecular weight excluding hydrogens is 399 g/mol. The fourth-order valence-electron chi connectivity index (χ4n) is 3.72. The van der Waals surface area contributed by atoms with Gasteiger partial charge in [0.25, 0.3) is 5.69 Å². The third-order valence-corrected chi connectivity index (χ3v) is 5.15. The fourth-order valence-corrected chi connectivity index (χ4v) is 3.72. The first-order valence-corrected chi connectivity index (χ1v) is 9.99. The average Bonchev–Trinajstić information content (AvgIpc) is 2.69. The molecule has 162 valence electrons. The van der Waals surface area contributed by atoms with Crippen molar-refractivity contribution in [1.29, 1.82) is 0 Å². The standard InChI is InChI=1S/C21H24F3N3O3/c1-2-3-14-10-18(13-25-12-14)30-17-7-4-15(5-8-17)26-16-6-9-20(27(28)29)19(11-16)21(22,23)24/h6,9-13,15,17,26H,2-5,7-8H2,1H3/t15-,17-. The first-order chi connectivity index (χ1) is 14.3. The molecule has 0 radical (unpaired) electrons. The lowest BCUT2D eigenvalue weighted by atomic mass is 9.92. The monoisotopic (exact) mass is 423 g/mol. The minimum absolute atomic E-state index is 0.0167. The van der Waals surface area contributed by atoms with Crippen LogP contribution in [-0.2, 0) is 12.6 Å². The van der Waals surface area contributed by atoms with Crippen LogP contribution < -0.4 is 10.1 Å². The number of hydrogen-bond acceptors (Lipinski definition) is 5. The second kappa shape index (κ2) is 9.32. The van der Waals surface area contributed by atoms with Gasteiger partial charge < -0.3 is 10.1 Å². The van der Waals surface area contributed by atoms with Gasteiger partial charge in [-0.15, -0.1) is 0 Å². The lowest BCUT2D eigenvalue weighted by Crippen LogP contribution is -2.31. The number of halogens is 3. The van der Waals surface area contributed by atoms with Gasteiger partial charge in [0.15, 0.2) is 0 Å². The van der Waals surface area contributed by atoms with E-state index in [1.807, 2.05) is 12.3 Å². The number of nitro groups is 1. The Morgan fingerprint density at radius 1 is 1.20 bits per heavy atom. The molecule has 9 heteroatoms. The zero-order chi connectivity index (χ0) is 21.7. The quantitative estimate of drug-likeness (QED) is 0.452. The Labute approximate surface area is 172 Å². The predicted octanol–water partition coefficient (Wildman–Crippen LogP) is 5.76. The van der Waals surface area contributed by atoms with E-state index in [4.69, 9.17) is 4.74 Å². The number of nitrogens with zero attached hydrogens (tertiary/aromatic N) is 2. The van der Waals surface area contributed by atoms with Crippen molar-refractivity contribution in [3.63, 3.8) is 0 Å². The maximum Gasteiger partial charge on any atom is 0.423 e. The molecule has 1 fully saturated rings. The molecule has 0 bridgehead atoms. The number of benzene rings is 1. The van der Waals surface area contributed by atoms with Crippen molar-refractivity contribution < 1.29 is 22.8 Å². The third-order valence-electron chi connectivity index (χ3n) is 5.15. The van der Waals surface area contributed by atoms with Crippen LogP contribution in [0.1, 0.15) is 50.2 Å². The van der Waals surface area contributed by atoms with Gasteiger partial charge in [-0.1, -0.05) is 13.3 Å². The molecule has 0 atom stereocenters. The zero-order valence-electron chi connectivity index (χ0n) is 16.6. The predicted molar refractivity (Wildman–Crippen MR) is 107 cm³/mol. The molecule has 1 aromatic heterocycles. The van der Waals surface area contributed by atoms with Gasteiger partial charge in [-0.05, 0) is 55.9 Å². The molecular formula is C21H24F3N3O3. The second-order valence-corrected chi connectivity index (χ2v) is 7.50. The van der Waals surface area contributed by atoms with Crippen molar-refractivity contribution in [1.82, 2.24) is 4.98 Å². The van der Waals surface area contributed by atoms with E-state index >= 15 is 0 Å². The summed E-state index contributed by atoms with van der Waals surface area (Å²) in [5.41, 5.74) is -0.823. The molecule has 0 aliphatic heterocycles. The van der Waals surface area contributed by atoms with E-state index in [1.54, 1.807) is 6.20 Å². The number of rotatable bonds is 7. The van der Waals surface area contributed by atoms with Crippen molar-refractivity contribution >= 4 is 11.4 Å². The molecule has 1 heterocycles. The number of aryl methyl sites for hydroxylation is 1. The number of anilines is 1. The van der Waals surface area contributed by atoms with Gasteiger partial charge in [0.2, 0.25) is 0 Å². The summed E-state index contributed by atoms with van der Waals surface area (Å²) in [6.45, 7) is 2.10. The number of aromatic nitrogens is 1. The van der Waals surface area contributed by atoms with E-state index in [0.717, 1.165) is 62.0 Å². The summed E-state index contributed by atoms with van der Waals surface area (Å²) in [6, 6.07) is 5.01. The van der Waals surface area contributed by atoms with Gasteiger partial charge in [-0.3, -0.25) is 15.1 Å². The molecule has 0 saturated heterocycles. The van der Waals surface area contributed by atoms with E-state index in [0.29, 0.717) is 0 Å². The van der Waals surface area contributed by atoms with Crippen LogP contribution in [0.15, 0.2) is 36.7 Å². The van der Waals surface area contributed by atoms with Crippen LogP contribution in [0.25, 0.3) is 0 Å². The summed E-state index contributed by atoms with van der Waals surface area (Å²) in [7, 11) is 0. The Morgan fingerprint density at radius 3 is 2.57 bits per heavy atom. The Bertz CT molecular complexity index is 881. The van der Waals surface area contributed by atoms with Crippen LogP contribution in [0.2, 0.25) is 0 Å². The Morgan fingerprint density at radius 2 is 1.93 bits per heavy atom. The largest absolute Gasteiger partial charge is 0.489 e. The maximum atomic E-state index is 13.1. The Kier molecular flexibility index (Phi) is 6.79. The summed E-state index contributed by atoms with van der Waals surface area (Å²) in [5.74, 6) is 0.738. The highest BCUT2D eigenvalue weighted by Gasteiger charge is 2.38. The molecule has 1 aromatic carbocycles. The summed E-state index contributed by atoms with van der Waals surface area (Å²) < 4.78 is 45.5. The summed E-state index contributed by atoms with van der Waals surface area (Å²) >= 11 is 0. The van der Waals surface area contributed by atoms with Gasteiger partial charge in [0.1, 0.15) is 11.3 Å². The summed E-state index contributed by atoms with van der Waals surface area (Å²) in [6.07, 6.45) is 3.71. The number of nitro benzene ring substituents is 1. The maximum absolute atomic E-state index is 13.1. The van der Waals surface area contributed by atoms with Crippen LogP contribution in [0.3, 0.4) is 0 Å². The molecule has 1 saturated carbocycles. The minimum Gasteiger partial charge on any atom is -0.489 e. The molecule has 6 nitrogen and oxygen atoms in total. The molecule has 0 spiro atoms. The topological polar surface area (TPSA) is 77.3 Å². The SMILES string of the molecule is CCCc1cncc(O[C@H]2CC[C@H](Nc3ccc([N+](=O)[O-])c(C(F)(F)F)c3)CC2)c1. The third kappa shape index (κ3) is 5.61. The van der Waals surface area contributed by atoms with Crippen molar-refractivity contribution in [2.24, 2.45) is 0 Å². The van der Waals surface area contributed by atoms with Crippen LogP contribution in [0, 0.1) is 10.1 Å². The van der Waals surface area contributed by atoms with Crippen molar-refractivity contribution in [3.05, 3.63) is 57.9 Å². The van der Waals surface area contributed by atoms with Crippen molar-refractivity contribution in [2.45, 2.75) is 63.8 Å². The summed E-state index contributed by atoms with van der Waals surface area (Å²) in [5, 5.41) is 14.0. The smallest absolute Gasteiger partial charge is 0.423 e. The average molecular weight is 423 g/mol. The van der Waals surface area contributed by atoms with Gasteiger partial charge in [-0.2, -0.15) is 13.2 Å². The highest BCUT2D eigenvalue weighted by Crippen LogP contribution is 2.38. The Hall–Kier alpha value is -2.84. The van der Waals surface area contributed by atoms with E-state index in [2.05, 4.69) is 17.2 Å². The molecule has 1 aliphatic rings.